The summed E-state index contributed by atoms with van der Waals surface area (Å²) >= 11 is 0. The van der Waals surface area contributed by atoms with Gasteiger partial charge in [-0.25, -0.2) is 0 Å². The molecular formula is C16H23NO. The Kier molecular flexibility index (Phi) is 3.76. The lowest BCUT2D eigenvalue weighted by atomic mass is 10.0. The van der Waals surface area contributed by atoms with E-state index in [2.05, 4.69) is 52.1 Å². The standard InChI is InChI=1S/C16H23NO/c1-10(2)12(4)17-13(5)16-11(3)14-8-6-7-9-15(14)18-16/h6-10,12-13,17H,1-5H3. The van der Waals surface area contributed by atoms with Gasteiger partial charge in [0.05, 0.1) is 6.04 Å². The number of aryl methyl sites for hydroxylation is 1. The maximum Gasteiger partial charge on any atom is 0.134 e. The van der Waals surface area contributed by atoms with Crippen molar-refractivity contribution in [3.63, 3.8) is 0 Å². The summed E-state index contributed by atoms with van der Waals surface area (Å²) in [4.78, 5) is 0. The number of benzene rings is 1. The van der Waals surface area contributed by atoms with Gasteiger partial charge in [0.2, 0.25) is 0 Å². The van der Waals surface area contributed by atoms with Gasteiger partial charge in [-0.3, -0.25) is 0 Å². The van der Waals surface area contributed by atoms with Crippen molar-refractivity contribution in [2.24, 2.45) is 5.92 Å². The predicted octanol–water partition coefficient (Wildman–Crippen LogP) is 4.44. The van der Waals surface area contributed by atoms with Gasteiger partial charge in [0.15, 0.2) is 0 Å². The zero-order chi connectivity index (χ0) is 13.3. The molecule has 1 aromatic carbocycles. The average Bonchev–Trinajstić information content (AvgIpc) is 2.67. The summed E-state index contributed by atoms with van der Waals surface area (Å²) in [6.07, 6.45) is 0. The number of para-hydroxylation sites is 1. The van der Waals surface area contributed by atoms with Crippen LogP contribution in [0.3, 0.4) is 0 Å². The second-order valence-corrected chi connectivity index (χ2v) is 5.51. The minimum atomic E-state index is 0.245. The molecule has 1 N–H and O–H groups in total. The summed E-state index contributed by atoms with van der Waals surface area (Å²) in [7, 11) is 0. The molecule has 0 aliphatic rings. The minimum Gasteiger partial charge on any atom is -0.459 e. The van der Waals surface area contributed by atoms with Crippen LogP contribution in [-0.4, -0.2) is 6.04 Å². The van der Waals surface area contributed by atoms with Crippen LogP contribution in [0, 0.1) is 12.8 Å². The Morgan fingerprint density at radius 1 is 1.06 bits per heavy atom. The Morgan fingerprint density at radius 2 is 1.72 bits per heavy atom. The molecule has 0 aliphatic carbocycles. The van der Waals surface area contributed by atoms with Gasteiger partial charge in [0.1, 0.15) is 11.3 Å². The van der Waals surface area contributed by atoms with E-state index in [1.807, 2.05) is 12.1 Å². The molecule has 2 rings (SSSR count). The van der Waals surface area contributed by atoms with Crippen molar-refractivity contribution in [3.8, 4) is 0 Å². The highest BCUT2D eigenvalue weighted by atomic mass is 16.3. The molecule has 98 valence electrons. The first-order valence-corrected chi connectivity index (χ1v) is 6.74. The minimum absolute atomic E-state index is 0.245. The fraction of sp³-hybridized carbons (Fsp3) is 0.500. The van der Waals surface area contributed by atoms with Crippen molar-refractivity contribution in [2.45, 2.75) is 46.7 Å². The van der Waals surface area contributed by atoms with Gasteiger partial charge in [-0.05, 0) is 38.3 Å². The largest absolute Gasteiger partial charge is 0.459 e. The Hall–Kier alpha value is -1.28. The van der Waals surface area contributed by atoms with Crippen LogP contribution in [0.5, 0.6) is 0 Å². The first-order valence-electron chi connectivity index (χ1n) is 6.74. The molecule has 0 spiro atoms. The van der Waals surface area contributed by atoms with E-state index in [-0.39, 0.29) is 6.04 Å². The normalized spacial score (nSPS) is 15.2. The van der Waals surface area contributed by atoms with Crippen molar-refractivity contribution in [1.82, 2.24) is 5.32 Å². The van der Waals surface area contributed by atoms with Crippen molar-refractivity contribution < 1.29 is 4.42 Å². The molecule has 1 heterocycles. The molecule has 18 heavy (non-hydrogen) atoms. The predicted molar refractivity (Wildman–Crippen MR) is 76.8 cm³/mol. The monoisotopic (exact) mass is 245 g/mol. The van der Waals surface area contributed by atoms with Crippen molar-refractivity contribution in [2.75, 3.05) is 0 Å². The average molecular weight is 245 g/mol. The van der Waals surface area contributed by atoms with Crippen LogP contribution in [0.15, 0.2) is 28.7 Å². The van der Waals surface area contributed by atoms with E-state index in [9.17, 15) is 0 Å². The Morgan fingerprint density at radius 3 is 2.33 bits per heavy atom. The lowest BCUT2D eigenvalue weighted by Crippen LogP contribution is -2.33. The summed E-state index contributed by atoms with van der Waals surface area (Å²) in [5.41, 5.74) is 2.23. The second-order valence-electron chi connectivity index (χ2n) is 5.51. The maximum atomic E-state index is 5.98. The fourth-order valence-electron chi connectivity index (χ4n) is 2.27. The summed E-state index contributed by atoms with van der Waals surface area (Å²) in [6, 6.07) is 8.95. The van der Waals surface area contributed by atoms with Crippen LogP contribution in [0.1, 0.15) is 45.1 Å². The number of fused-ring (bicyclic) bond motifs is 1. The Bertz CT molecular complexity index is 527. The highest BCUT2D eigenvalue weighted by molar-refractivity contribution is 5.82. The van der Waals surface area contributed by atoms with Gasteiger partial charge in [-0.1, -0.05) is 32.0 Å². The molecular weight excluding hydrogens is 222 g/mol. The molecule has 0 saturated carbocycles. The topological polar surface area (TPSA) is 25.2 Å². The van der Waals surface area contributed by atoms with Gasteiger partial charge >= 0.3 is 0 Å². The summed E-state index contributed by atoms with van der Waals surface area (Å²) in [6.45, 7) is 11.0. The van der Waals surface area contributed by atoms with E-state index >= 15 is 0 Å². The molecule has 2 aromatic rings. The maximum absolute atomic E-state index is 5.98. The van der Waals surface area contributed by atoms with E-state index in [0.717, 1.165) is 11.3 Å². The van der Waals surface area contributed by atoms with Crippen LogP contribution >= 0.6 is 0 Å². The van der Waals surface area contributed by atoms with Crippen molar-refractivity contribution in [3.05, 3.63) is 35.6 Å². The van der Waals surface area contributed by atoms with Crippen LogP contribution in [0.25, 0.3) is 11.0 Å². The zero-order valence-electron chi connectivity index (χ0n) is 11.9. The van der Waals surface area contributed by atoms with Gasteiger partial charge in [0.25, 0.3) is 0 Å². The van der Waals surface area contributed by atoms with Gasteiger partial charge in [0, 0.05) is 11.4 Å². The molecule has 0 fully saturated rings. The molecule has 2 atom stereocenters. The number of furan rings is 1. The van der Waals surface area contributed by atoms with Crippen LogP contribution in [-0.2, 0) is 0 Å². The number of rotatable bonds is 4. The molecule has 2 nitrogen and oxygen atoms in total. The van der Waals surface area contributed by atoms with E-state index in [1.165, 1.54) is 10.9 Å². The highest BCUT2D eigenvalue weighted by Gasteiger charge is 2.18. The van der Waals surface area contributed by atoms with E-state index in [1.54, 1.807) is 0 Å². The Balaban J connectivity index is 2.28. The van der Waals surface area contributed by atoms with E-state index in [4.69, 9.17) is 4.42 Å². The number of hydrogen-bond acceptors (Lipinski definition) is 2. The molecule has 2 heteroatoms. The third-order valence-corrected chi connectivity index (χ3v) is 3.79. The molecule has 2 unspecified atom stereocenters. The molecule has 0 radical (unpaired) electrons. The van der Waals surface area contributed by atoms with E-state index < -0.39 is 0 Å². The highest BCUT2D eigenvalue weighted by Crippen LogP contribution is 2.29. The second kappa shape index (κ2) is 5.15. The molecule has 0 aliphatic heterocycles. The lowest BCUT2D eigenvalue weighted by molar-refractivity contribution is 0.356. The van der Waals surface area contributed by atoms with Gasteiger partial charge in [-0.2, -0.15) is 0 Å². The first-order chi connectivity index (χ1) is 8.50. The first kappa shape index (κ1) is 13.2. The van der Waals surface area contributed by atoms with Gasteiger partial charge < -0.3 is 9.73 Å². The summed E-state index contributed by atoms with van der Waals surface area (Å²) in [5, 5.41) is 4.82. The number of nitrogens with one attached hydrogen (secondary N) is 1. The van der Waals surface area contributed by atoms with Crippen LogP contribution in [0.4, 0.5) is 0 Å². The number of hydrogen-bond donors (Lipinski definition) is 1. The summed E-state index contributed by atoms with van der Waals surface area (Å²) < 4.78 is 5.98. The molecule has 1 aromatic heterocycles. The third kappa shape index (κ3) is 2.44. The van der Waals surface area contributed by atoms with E-state index in [0.29, 0.717) is 12.0 Å². The van der Waals surface area contributed by atoms with Crippen LogP contribution < -0.4 is 5.32 Å². The zero-order valence-corrected chi connectivity index (χ0v) is 11.9. The van der Waals surface area contributed by atoms with Crippen LogP contribution in [0.2, 0.25) is 0 Å². The lowest BCUT2D eigenvalue weighted by Gasteiger charge is -2.22. The molecule has 0 bridgehead atoms. The van der Waals surface area contributed by atoms with Gasteiger partial charge in [-0.15, -0.1) is 0 Å². The smallest absolute Gasteiger partial charge is 0.134 e. The summed E-state index contributed by atoms with van der Waals surface area (Å²) in [5.74, 6) is 1.68. The fourth-order valence-corrected chi connectivity index (χ4v) is 2.27. The van der Waals surface area contributed by atoms with Crippen molar-refractivity contribution in [1.29, 1.82) is 0 Å². The Labute approximate surface area is 109 Å². The third-order valence-electron chi connectivity index (χ3n) is 3.79. The molecule has 0 amide bonds. The SMILES string of the molecule is Cc1c(C(C)NC(C)C(C)C)oc2ccccc12. The van der Waals surface area contributed by atoms with Crippen molar-refractivity contribution >= 4 is 11.0 Å². The molecule has 0 saturated heterocycles. The quantitative estimate of drug-likeness (QED) is 0.861.